The van der Waals surface area contributed by atoms with Crippen LogP contribution in [-0.2, 0) is 5.54 Å². The molecule has 0 saturated heterocycles. The van der Waals surface area contributed by atoms with E-state index in [-0.39, 0.29) is 11.3 Å². The molecule has 2 heterocycles. The van der Waals surface area contributed by atoms with Crippen LogP contribution in [0, 0.1) is 3.82 Å². The van der Waals surface area contributed by atoms with Gasteiger partial charge < -0.3 is 9.64 Å². The van der Waals surface area contributed by atoms with E-state index in [9.17, 15) is 4.79 Å². The van der Waals surface area contributed by atoms with Crippen LogP contribution >= 0.6 is 32.9 Å². The highest BCUT2D eigenvalue weighted by Crippen LogP contribution is 2.52. The fraction of sp³-hybridized carbons (Fsp3) is 0.238. The number of nitrogens with zero attached hydrogens (tertiary/aromatic N) is 1. The predicted molar refractivity (Wildman–Crippen MR) is 116 cm³/mol. The molecule has 0 unspecified atom stereocenters. The molecule has 0 bridgehead atoms. The van der Waals surface area contributed by atoms with Crippen molar-refractivity contribution in [2.75, 3.05) is 18.6 Å². The van der Waals surface area contributed by atoms with E-state index in [2.05, 4.69) is 18.7 Å². The van der Waals surface area contributed by atoms with Gasteiger partial charge >= 0.3 is 0 Å². The number of hydrogen-bond donors (Lipinski definition) is 0. The smallest absolute Gasteiger partial charge is 0.182 e. The Morgan fingerprint density at radius 3 is 2.59 bits per heavy atom. The molecule has 4 rings (SSSR count). The molecule has 1 aliphatic heterocycles. The van der Waals surface area contributed by atoms with Crippen LogP contribution in [-0.4, -0.2) is 19.4 Å². The molecular weight excluding hydrogens is 394 g/mol. The van der Waals surface area contributed by atoms with Crippen LogP contribution in [0.5, 0.6) is 5.75 Å². The largest absolute Gasteiger partial charge is 0.497 e. The zero-order valence-corrected chi connectivity index (χ0v) is 17.8. The number of ketones is 1. The van der Waals surface area contributed by atoms with Crippen LogP contribution in [0.1, 0.15) is 29.8 Å². The van der Waals surface area contributed by atoms with E-state index in [1.54, 1.807) is 27.8 Å². The lowest BCUT2D eigenvalue weighted by Gasteiger charge is -2.44. The molecule has 0 fully saturated rings. The molecule has 3 aromatic rings. The van der Waals surface area contributed by atoms with Gasteiger partial charge in [0.2, 0.25) is 0 Å². The summed E-state index contributed by atoms with van der Waals surface area (Å²) in [6.07, 6.45) is 0. The molecule has 0 spiro atoms. The van der Waals surface area contributed by atoms with Gasteiger partial charge in [0.15, 0.2) is 5.78 Å². The lowest BCUT2D eigenvalue weighted by molar-refractivity contribution is 0.0992. The standard InChI is InChI=1S/C21H19NO2S3/c1-21(2)18-19(26-27-20(18)25)15-11-14(24-3)9-10-16(15)22(21)12-17(23)13-7-5-4-6-8-13/h4-11H,12H2,1-3H3. The fourth-order valence-electron chi connectivity index (χ4n) is 3.60. The summed E-state index contributed by atoms with van der Waals surface area (Å²) in [5.74, 6) is 0.900. The first-order valence-corrected chi connectivity index (χ1v) is 11.2. The number of methoxy groups -OCH3 is 1. The third-order valence-electron chi connectivity index (χ3n) is 5.06. The number of anilines is 1. The highest BCUT2D eigenvalue weighted by molar-refractivity contribution is 7.80. The van der Waals surface area contributed by atoms with Gasteiger partial charge in [-0.15, -0.1) is 0 Å². The minimum absolute atomic E-state index is 0.0960. The first-order valence-electron chi connectivity index (χ1n) is 8.61. The summed E-state index contributed by atoms with van der Waals surface area (Å²) in [5.41, 5.74) is 3.62. The lowest BCUT2D eigenvalue weighted by Crippen LogP contribution is -2.47. The van der Waals surface area contributed by atoms with Crippen molar-refractivity contribution in [2.45, 2.75) is 19.4 Å². The Morgan fingerprint density at radius 1 is 1.15 bits per heavy atom. The Bertz CT molecular complexity index is 1070. The van der Waals surface area contributed by atoms with Gasteiger partial charge in [0.1, 0.15) is 9.57 Å². The van der Waals surface area contributed by atoms with Gasteiger partial charge in [-0.2, -0.15) is 0 Å². The van der Waals surface area contributed by atoms with Crippen LogP contribution in [0.25, 0.3) is 10.4 Å². The molecule has 0 N–H and O–H groups in total. The number of fused-ring (bicyclic) bond motifs is 3. The molecule has 6 heteroatoms. The molecule has 3 nitrogen and oxygen atoms in total. The molecule has 0 atom stereocenters. The predicted octanol–water partition coefficient (Wildman–Crippen LogP) is 6.15. The summed E-state index contributed by atoms with van der Waals surface area (Å²) in [5, 5.41) is 0. The van der Waals surface area contributed by atoms with Crippen LogP contribution in [0.4, 0.5) is 5.69 Å². The number of carbonyl (C=O) groups excluding carboxylic acids is 1. The normalized spacial score (nSPS) is 14.4. The minimum atomic E-state index is -0.366. The van der Waals surface area contributed by atoms with Gasteiger partial charge in [-0.3, -0.25) is 4.79 Å². The zero-order valence-electron chi connectivity index (χ0n) is 15.3. The van der Waals surface area contributed by atoms with E-state index in [0.717, 1.165) is 32.0 Å². The van der Waals surface area contributed by atoms with Gasteiger partial charge in [0.25, 0.3) is 0 Å². The molecule has 138 valence electrons. The van der Waals surface area contributed by atoms with Gasteiger partial charge in [-0.25, -0.2) is 0 Å². The van der Waals surface area contributed by atoms with E-state index in [4.69, 9.17) is 17.0 Å². The Morgan fingerprint density at radius 2 is 1.89 bits per heavy atom. The summed E-state index contributed by atoms with van der Waals surface area (Å²) in [6.45, 7) is 4.59. The summed E-state index contributed by atoms with van der Waals surface area (Å²) in [7, 11) is 4.99. The number of Topliss-reactive ketones (excluding diaryl/α,β-unsaturated/α-hetero) is 1. The number of carbonyl (C=O) groups is 1. The number of hydrogen-bond acceptors (Lipinski definition) is 6. The van der Waals surface area contributed by atoms with Crippen molar-refractivity contribution in [3.05, 3.63) is 63.5 Å². The van der Waals surface area contributed by atoms with Crippen LogP contribution < -0.4 is 9.64 Å². The van der Waals surface area contributed by atoms with Gasteiger partial charge in [-0.05, 0) is 32.0 Å². The SMILES string of the molecule is COc1ccc2c(c1)-c1ssc(=S)c1C(C)(C)N2CC(=O)c1ccccc1. The van der Waals surface area contributed by atoms with Gasteiger partial charge in [0, 0.05) is 22.4 Å². The molecule has 0 saturated carbocycles. The Labute approximate surface area is 171 Å². The molecule has 0 radical (unpaired) electrons. The minimum Gasteiger partial charge on any atom is -0.497 e. The van der Waals surface area contributed by atoms with E-state index in [1.165, 1.54) is 4.88 Å². The first-order chi connectivity index (χ1) is 12.9. The molecule has 0 amide bonds. The summed E-state index contributed by atoms with van der Waals surface area (Å²) in [4.78, 5) is 16.3. The van der Waals surface area contributed by atoms with Crippen molar-refractivity contribution in [3.63, 3.8) is 0 Å². The van der Waals surface area contributed by atoms with Gasteiger partial charge in [0.05, 0.1) is 24.1 Å². The molecule has 1 aliphatic rings. The number of ether oxygens (including phenoxy) is 1. The van der Waals surface area contributed by atoms with Crippen molar-refractivity contribution in [1.82, 2.24) is 0 Å². The average Bonchev–Trinajstić information content (AvgIpc) is 3.08. The maximum Gasteiger partial charge on any atom is 0.182 e. The third-order valence-corrected chi connectivity index (χ3v) is 8.11. The average molecular weight is 414 g/mol. The summed E-state index contributed by atoms with van der Waals surface area (Å²) >= 11 is 5.66. The number of rotatable bonds is 4. The molecule has 0 aliphatic carbocycles. The Hall–Kier alpha value is -2.02. The second kappa shape index (κ2) is 6.86. The topological polar surface area (TPSA) is 29.5 Å². The fourth-order valence-corrected chi connectivity index (χ4v) is 6.92. The summed E-state index contributed by atoms with van der Waals surface area (Å²) in [6, 6.07) is 15.5. The van der Waals surface area contributed by atoms with E-state index in [0.29, 0.717) is 6.54 Å². The Kier molecular flexibility index (Phi) is 4.66. The highest BCUT2D eigenvalue weighted by atomic mass is 32.9. The zero-order chi connectivity index (χ0) is 19.2. The maximum atomic E-state index is 13.0. The molecule has 27 heavy (non-hydrogen) atoms. The van der Waals surface area contributed by atoms with E-state index < -0.39 is 0 Å². The van der Waals surface area contributed by atoms with Crippen molar-refractivity contribution in [1.29, 1.82) is 0 Å². The third kappa shape index (κ3) is 3.02. The monoisotopic (exact) mass is 413 g/mol. The molecular formula is C21H19NO2S3. The summed E-state index contributed by atoms with van der Waals surface area (Å²) < 4.78 is 6.33. The number of benzene rings is 2. The lowest BCUT2D eigenvalue weighted by atomic mass is 9.85. The van der Waals surface area contributed by atoms with Crippen molar-refractivity contribution >= 4 is 44.4 Å². The highest BCUT2D eigenvalue weighted by Gasteiger charge is 2.40. The molecule has 1 aromatic heterocycles. The van der Waals surface area contributed by atoms with E-state index >= 15 is 0 Å². The van der Waals surface area contributed by atoms with Crippen molar-refractivity contribution < 1.29 is 9.53 Å². The van der Waals surface area contributed by atoms with Gasteiger partial charge in [-0.1, -0.05) is 63.2 Å². The first kappa shape index (κ1) is 18.3. The second-order valence-corrected chi connectivity index (χ2v) is 9.79. The van der Waals surface area contributed by atoms with Crippen molar-refractivity contribution in [2.24, 2.45) is 0 Å². The van der Waals surface area contributed by atoms with Crippen LogP contribution in [0.3, 0.4) is 0 Å². The Balaban J connectivity index is 1.86. The van der Waals surface area contributed by atoms with Crippen LogP contribution in [0.2, 0.25) is 0 Å². The van der Waals surface area contributed by atoms with Crippen LogP contribution in [0.15, 0.2) is 48.5 Å². The van der Waals surface area contributed by atoms with Crippen molar-refractivity contribution in [3.8, 4) is 16.2 Å². The molecule has 2 aromatic carbocycles. The van der Waals surface area contributed by atoms with E-state index in [1.807, 2.05) is 48.5 Å². The second-order valence-electron chi connectivity index (χ2n) is 6.98. The quantitative estimate of drug-likeness (QED) is 0.291. The maximum absolute atomic E-state index is 13.0.